The summed E-state index contributed by atoms with van der Waals surface area (Å²) in [6.45, 7) is 1.69. The van der Waals surface area contributed by atoms with Crippen LogP contribution in [0.1, 0.15) is 17.3 Å². The van der Waals surface area contributed by atoms with Crippen molar-refractivity contribution in [1.82, 2.24) is 10.2 Å². The molecule has 0 fully saturated rings. The van der Waals surface area contributed by atoms with Gasteiger partial charge in [-0.1, -0.05) is 42.1 Å². The topological polar surface area (TPSA) is 49.4 Å². The second-order valence-electron chi connectivity index (χ2n) is 5.34. The zero-order chi connectivity index (χ0) is 16.8. The molecule has 0 heterocycles. The van der Waals surface area contributed by atoms with E-state index in [4.69, 9.17) is 0 Å². The number of hydrogen-bond acceptors (Lipinski definition) is 3. The molecule has 0 unspecified atom stereocenters. The lowest BCUT2D eigenvalue weighted by Crippen LogP contribution is -2.44. The van der Waals surface area contributed by atoms with Crippen molar-refractivity contribution in [1.29, 1.82) is 0 Å². The fraction of sp³-hybridized carbons (Fsp3) is 0.222. The SMILES string of the molecule is C[C@H](NC(=O)c1ccccc1Sc1ccccc1)C(=O)N(C)C. The average Bonchev–Trinajstić information content (AvgIpc) is 2.55. The normalized spacial score (nSPS) is 11.6. The summed E-state index contributed by atoms with van der Waals surface area (Å²) in [7, 11) is 3.34. The van der Waals surface area contributed by atoms with E-state index in [-0.39, 0.29) is 11.8 Å². The molecule has 1 N–H and O–H groups in total. The summed E-state index contributed by atoms with van der Waals surface area (Å²) < 4.78 is 0. The fourth-order valence-electron chi connectivity index (χ4n) is 2.08. The number of amides is 2. The van der Waals surface area contributed by atoms with E-state index < -0.39 is 6.04 Å². The maximum Gasteiger partial charge on any atom is 0.253 e. The van der Waals surface area contributed by atoms with Gasteiger partial charge in [-0.15, -0.1) is 0 Å². The van der Waals surface area contributed by atoms with Crippen LogP contribution >= 0.6 is 11.8 Å². The van der Waals surface area contributed by atoms with Crippen LogP contribution < -0.4 is 5.32 Å². The first-order valence-corrected chi connectivity index (χ1v) is 8.14. The van der Waals surface area contributed by atoms with Crippen molar-refractivity contribution in [2.24, 2.45) is 0 Å². The lowest BCUT2D eigenvalue weighted by atomic mass is 10.2. The van der Waals surface area contributed by atoms with Crippen LogP contribution in [0.2, 0.25) is 0 Å². The van der Waals surface area contributed by atoms with Gasteiger partial charge in [0.05, 0.1) is 5.56 Å². The van der Waals surface area contributed by atoms with Gasteiger partial charge in [-0.05, 0) is 31.2 Å². The highest BCUT2D eigenvalue weighted by atomic mass is 32.2. The molecular weight excluding hydrogens is 308 g/mol. The van der Waals surface area contributed by atoms with Crippen LogP contribution in [0.3, 0.4) is 0 Å². The Balaban J connectivity index is 2.16. The molecule has 0 aromatic heterocycles. The van der Waals surface area contributed by atoms with Gasteiger partial charge in [-0.25, -0.2) is 0 Å². The van der Waals surface area contributed by atoms with Gasteiger partial charge in [0.2, 0.25) is 5.91 Å². The molecule has 0 aliphatic rings. The van der Waals surface area contributed by atoms with Crippen molar-refractivity contribution < 1.29 is 9.59 Å². The molecule has 0 saturated heterocycles. The Hall–Kier alpha value is -2.27. The largest absolute Gasteiger partial charge is 0.347 e. The van der Waals surface area contributed by atoms with Gasteiger partial charge in [0, 0.05) is 23.9 Å². The monoisotopic (exact) mass is 328 g/mol. The van der Waals surface area contributed by atoms with Gasteiger partial charge >= 0.3 is 0 Å². The van der Waals surface area contributed by atoms with Gasteiger partial charge in [0.15, 0.2) is 0 Å². The van der Waals surface area contributed by atoms with Crippen LogP contribution in [0.15, 0.2) is 64.4 Å². The van der Waals surface area contributed by atoms with Gasteiger partial charge in [0.25, 0.3) is 5.91 Å². The molecule has 2 aromatic carbocycles. The summed E-state index contributed by atoms with van der Waals surface area (Å²) in [6, 6.07) is 16.7. The van der Waals surface area contributed by atoms with Crippen LogP contribution in [-0.4, -0.2) is 36.9 Å². The Morgan fingerprint density at radius 1 is 1.00 bits per heavy atom. The van der Waals surface area contributed by atoms with Crippen molar-refractivity contribution in [2.45, 2.75) is 22.8 Å². The molecular formula is C18H20N2O2S. The second-order valence-corrected chi connectivity index (χ2v) is 6.45. The van der Waals surface area contributed by atoms with E-state index in [0.717, 1.165) is 9.79 Å². The minimum atomic E-state index is -0.563. The predicted molar refractivity (Wildman–Crippen MR) is 92.6 cm³/mol. The quantitative estimate of drug-likeness (QED) is 0.918. The Labute approximate surface area is 140 Å². The van der Waals surface area contributed by atoms with Crippen LogP contribution in [0.25, 0.3) is 0 Å². The third-order valence-electron chi connectivity index (χ3n) is 3.26. The Morgan fingerprint density at radius 3 is 2.26 bits per heavy atom. The van der Waals surface area contributed by atoms with Crippen LogP contribution in [0.4, 0.5) is 0 Å². The van der Waals surface area contributed by atoms with Gasteiger partial charge < -0.3 is 10.2 Å². The van der Waals surface area contributed by atoms with E-state index in [1.807, 2.05) is 48.5 Å². The Bertz CT molecular complexity index is 686. The summed E-state index contributed by atoms with van der Waals surface area (Å²) >= 11 is 1.53. The number of hydrogen-bond donors (Lipinski definition) is 1. The smallest absolute Gasteiger partial charge is 0.253 e. The predicted octanol–water partition coefficient (Wildman–Crippen LogP) is 3.04. The lowest BCUT2D eigenvalue weighted by molar-refractivity contribution is -0.130. The highest BCUT2D eigenvalue weighted by molar-refractivity contribution is 7.99. The van der Waals surface area contributed by atoms with Gasteiger partial charge in [0.1, 0.15) is 6.04 Å². The number of rotatable bonds is 5. The molecule has 1 atom stereocenters. The van der Waals surface area contributed by atoms with Crippen molar-refractivity contribution in [3.05, 3.63) is 60.2 Å². The van der Waals surface area contributed by atoms with Crippen molar-refractivity contribution in [3.8, 4) is 0 Å². The van der Waals surface area contributed by atoms with Gasteiger partial charge in [-0.2, -0.15) is 0 Å². The number of nitrogens with one attached hydrogen (secondary N) is 1. The molecule has 2 aromatic rings. The minimum absolute atomic E-state index is 0.133. The number of carbonyl (C=O) groups is 2. The number of benzene rings is 2. The molecule has 0 spiro atoms. The molecule has 23 heavy (non-hydrogen) atoms. The van der Waals surface area contributed by atoms with Crippen LogP contribution in [0.5, 0.6) is 0 Å². The summed E-state index contributed by atoms with van der Waals surface area (Å²) in [5.41, 5.74) is 0.569. The van der Waals surface area contributed by atoms with Gasteiger partial charge in [-0.3, -0.25) is 9.59 Å². The summed E-state index contributed by atoms with van der Waals surface area (Å²) in [4.78, 5) is 27.8. The molecule has 4 nitrogen and oxygen atoms in total. The fourth-order valence-corrected chi connectivity index (χ4v) is 3.05. The second kappa shape index (κ2) is 7.83. The number of carbonyl (C=O) groups excluding carboxylic acids is 2. The standard InChI is InChI=1S/C18H20N2O2S/c1-13(18(22)20(2)3)19-17(21)15-11-7-8-12-16(15)23-14-9-5-4-6-10-14/h4-13H,1-3H3,(H,19,21)/t13-/m0/s1. The third-order valence-corrected chi connectivity index (χ3v) is 4.35. The number of nitrogens with zero attached hydrogens (tertiary/aromatic N) is 1. The third kappa shape index (κ3) is 4.60. The number of likely N-dealkylation sites (N-methyl/N-ethyl adjacent to an activating group) is 1. The maximum atomic E-state index is 12.5. The van der Waals surface area contributed by atoms with Crippen molar-refractivity contribution in [2.75, 3.05) is 14.1 Å². The molecule has 5 heteroatoms. The molecule has 0 saturated carbocycles. The molecule has 0 bridgehead atoms. The van der Waals surface area contributed by atoms with E-state index >= 15 is 0 Å². The minimum Gasteiger partial charge on any atom is -0.347 e. The zero-order valence-electron chi connectivity index (χ0n) is 13.4. The molecule has 0 aliphatic heterocycles. The Kier molecular flexibility index (Phi) is 5.82. The van der Waals surface area contributed by atoms with Crippen LogP contribution in [0, 0.1) is 0 Å². The highest BCUT2D eigenvalue weighted by Gasteiger charge is 2.19. The lowest BCUT2D eigenvalue weighted by Gasteiger charge is -2.18. The van der Waals surface area contributed by atoms with Crippen molar-refractivity contribution >= 4 is 23.6 Å². The first-order valence-electron chi connectivity index (χ1n) is 7.33. The van der Waals surface area contributed by atoms with Crippen molar-refractivity contribution in [3.63, 3.8) is 0 Å². The first kappa shape index (κ1) is 17.1. The van der Waals surface area contributed by atoms with E-state index in [9.17, 15) is 9.59 Å². The van der Waals surface area contributed by atoms with E-state index in [1.54, 1.807) is 27.1 Å². The molecule has 0 aliphatic carbocycles. The van der Waals surface area contributed by atoms with Crippen LogP contribution in [-0.2, 0) is 4.79 Å². The first-order chi connectivity index (χ1) is 11.0. The Morgan fingerprint density at radius 2 is 1.61 bits per heavy atom. The highest BCUT2D eigenvalue weighted by Crippen LogP contribution is 2.30. The summed E-state index contributed by atoms with van der Waals surface area (Å²) in [5, 5.41) is 2.76. The zero-order valence-corrected chi connectivity index (χ0v) is 14.3. The molecule has 2 rings (SSSR count). The van der Waals surface area contributed by atoms with E-state index in [0.29, 0.717) is 5.56 Å². The maximum absolute atomic E-state index is 12.5. The molecule has 2 amide bonds. The summed E-state index contributed by atoms with van der Waals surface area (Å²) in [5.74, 6) is -0.377. The summed E-state index contributed by atoms with van der Waals surface area (Å²) in [6.07, 6.45) is 0. The molecule has 120 valence electrons. The van der Waals surface area contributed by atoms with E-state index in [1.165, 1.54) is 16.7 Å². The van der Waals surface area contributed by atoms with E-state index in [2.05, 4.69) is 5.32 Å². The average molecular weight is 328 g/mol. The molecule has 0 radical (unpaired) electrons.